The number of nitrogens with zero attached hydrogens (tertiary/aromatic N) is 1. The van der Waals surface area contributed by atoms with Crippen molar-refractivity contribution in [1.29, 1.82) is 0 Å². The van der Waals surface area contributed by atoms with Gasteiger partial charge in [0.2, 0.25) is 0 Å². The summed E-state index contributed by atoms with van der Waals surface area (Å²) in [6, 6.07) is 5.49. The molecule has 0 heterocycles. The zero-order valence-electron chi connectivity index (χ0n) is 9.76. The van der Waals surface area contributed by atoms with Crippen LogP contribution in [0.4, 0.5) is 0 Å². The summed E-state index contributed by atoms with van der Waals surface area (Å²) in [5.74, 6) is 0.585. The third-order valence-electron chi connectivity index (χ3n) is 2.41. The average molecular weight is 297 g/mol. The van der Waals surface area contributed by atoms with E-state index in [1.165, 1.54) is 0 Å². The van der Waals surface area contributed by atoms with Crippen LogP contribution in [0.2, 0.25) is 10.0 Å². The topological polar surface area (TPSA) is 12.5 Å². The molecule has 17 heavy (non-hydrogen) atoms. The van der Waals surface area contributed by atoms with Crippen LogP contribution in [0.25, 0.3) is 0 Å². The largest absolute Gasteiger partial charge is 0.383 e. The molecule has 0 amide bonds. The molecule has 1 aromatic carbocycles. The maximum absolute atomic E-state index is 6.12. The Labute approximate surface area is 117 Å². The fourth-order valence-corrected chi connectivity index (χ4v) is 2.13. The molecular formula is C12H16Cl3NO. The van der Waals surface area contributed by atoms with Crippen LogP contribution in [0.1, 0.15) is 5.56 Å². The van der Waals surface area contributed by atoms with Crippen molar-refractivity contribution >= 4 is 34.8 Å². The second kappa shape index (κ2) is 8.17. The second-order valence-electron chi connectivity index (χ2n) is 3.69. The first kappa shape index (κ1) is 15.1. The zero-order chi connectivity index (χ0) is 12.7. The van der Waals surface area contributed by atoms with Crippen LogP contribution in [0, 0.1) is 0 Å². The van der Waals surface area contributed by atoms with Crippen molar-refractivity contribution in [3.05, 3.63) is 33.8 Å². The average Bonchev–Trinajstić information content (AvgIpc) is 2.31. The number of halogens is 3. The molecule has 0 saturated heterocycles. The van der Waals surface area contributed by atoms with E-state index in [1.807, 2.05) is 12.1 Å². The van der Waals surface area contributed by atoms with Gasteiger partial charge in [-0.3, -0.25) is 4.90 Å². The third-order valence-corrected chi connectivity index (χ3v) is 3.19. The lowest BCUT2D eigenvalue weighted by Gasteiger charge is -2.21. The minimum atomic E-state index is 0.585. The first-order chi connectivity index (χ1) is 8.17. The molecule has 0 spiro atoms. The van der Waals surface area contributed by atoms with Crippen LogP contribution < -0.4 is 0 Å². The number of ether oxygens (including phenoxy) is 1. The highest BCUT2D eigenvalue weighted by atomic mass is 35.5. The molecule has 1 rings (SSSR count). The summed E-state index contributed by atoms with van der Waals surface area (Å²) in [4.78, 5) is 2.19. The van der Waals surface area contributed by atoms with Gasteiger partial charge in [-0.05, 0) is 23.8 Å². The molecule has 0 aliphatic rings. The van der Waals surface area contributed by atoms with Gasteiger partial charge in [0.1, 0.15) is 0 Å². The summed E-state index contributed by atoms with van der Waals surface area (Å²) in [6.07, 6.45) is 0. The van der Waals surface area contributed by atoms with Crippen molar-refractivity contribution in [3.63, 3.8) is 0 Å². The molecule has 5 heteroatoms. The molecule has 0 unspecified atom stereocenters. The number of methoxy groups -OCH3 is 1. The van der Waals surface area contributed by atoms with E-state index in [0.29, 0.717) is 17.5 Å². The maximum atomic E-state index is 6.12. The number of alkyl halides is 1. The number of hydrogen-bond acceptors (Lipinski definition) is 2. The van der Waals surface area contributed by atoms with Crippen molar-refractivity contribution in [2.24, 2.45) is 0 Å². The minimum Gasteiger partial charge on any atom is -0.383 e. The summed E-state index contributed by atoms with van der Waals surface area (Å²) in [5, 5.41) is 1.42. The first-order valence-corrected chi connectivity index (χ1v) is 6.67. The Morgan fingerprint density at radius 2 is 2.00 bits per heavy atom. The zero-order valence-corrected chi connectivity index (χ0v) is 12.0. The highest BCUT2D eigenvalue weighted by Crippen LogP contribution is 2.22. The third kappa shape index (κ3) is 5.45. The predicted octanol–water partition coefficient (Wildman–Crippen LogP) is 3.68. The molecule has 0 fully saturated rings. The van der Waals surface area contributed by atoms with E-state index < -0.39 is 0 Å². The molecule has 0 aliphatic carbocycles. The smallest absolute Gasteiger partial charge is 0.0589 e. The number of benzene rings is 1. The Bertz CT molecular complexity index is 347. The SMILES string of the molecule is COCCN(CCCl)Cc1cc(Cl)ccc1Cl. The Morgan fingerprint density at radius 3 is 2.65 bits per heavy atom. The van der Waals surface area contributed by atoms with Crippen LogP contribution in [-0.4, -0.2) is 37.6 Å². The summed E-state index contributed by atoms with van der Waals surface area (Å²) < 4.78 is 5.07. The van der Waals surface area contributed by atoms with Gasteiger partial charge < -0.3 is 4.74 Å². The van der Waals surface area contributed by atoms with E-state index in [-0.39, 0.29) is 0 Å². The van der Waals surface area contributed by atoms with Gasteiger partial charge in [-0.15, -0.1) is 11.6 Å². The summed E-state index contributed by atoms with van der Waals surface area (Å²) in [5.41, 5.74) is 1.01. The van der Waals surface area contributed by atoms with E-state index in [0.717, 1.165) is 30.2 Å². The second-order valence-corrected chi connectivity index (χ2v) is 4.92. The van der Waals surface area contributed by atoms with Crippen molar-refractivity contribution in [2.75, 3.05) is 32.7 Å². The lowest BCUT2D eigenvalue weighted by atomic mass is 10.2. The molecule has 0 N–H and O–H groups in total. The van der Waals surface area contributed by atoms with Gasteiger partial charge >= 0.3 is 0 Å². The first-order valence-electron chi connectivity index (χ1n) is 5.38. The van der Waals surface area contributed by atoms with Crippen molar-refractivity contribution in [1.82, 2.24) is 4.90 Å². The predicted molar refractivity (Wildman–Crippen MR) is 74.3 cm³/mol. The van der Waals surface area contributed by atoms with E-state index >= 15 is 0 Å². The summed E-state index contributed by atoms with van der Waals surface area (Å²) in [6.45, 7) is 3.03. The molecule has 0 bridgehead atoms. The molecule has 0 aromatic heterocycles. The lowest BCUT2D eigenvalue weighted by Crippen LogP contribution is -2.29. The van der Waals surface area contributed by atoms with Gasteiger partial charge in [0, 0.05) is 42.7 Å². The Morgan fingerprint density at radius 1 is 1.24 bits per heavy atom. The van der Waals surface area contributed by atoms with Gasteiger partial charge in [0.25, 0.3) is 0 Å². The normalized spacial score (nSPS) is 11.1. The Hall–Kier alpha value is 0.01000. The lowest BCUT2D eigenvalue weighted by molar-refractivity contribution is 0.148. The van der Waals surface area contributed by atoms with Crippen molar-refractivity contribution in [3.8, 4) is 0 Å². The van der Waals surface area contributed by atoms with Crippen LogP contribution >= 0.6 is 34.8 Å². The highest BCUT2D eigenvalue weighted by molar-refractivity contribution is 6.33. The minimum absolute atomic E-state index is 0.585. The molecular weight excluding hydrogens is 280 g/mol. The van der Waals surface area contributed by atoms with E-state index in [1.54, 1.807) is 13.2 Å². The van der Waals surface area contributed by atoms with Crippen LogP contribution in [0.5, 0.6) is 0 Å². The molecule has 1 aromatic rings. The quantitative estimate of drug-likeness (QED) is 0.712. The van der Waals surface area contributed by atoms with Gasteiger partial charge in [-0.1, -0.05) is 23.2 Å². The van der Waals surface area contributed by atoms with Gasteiger partial charge in [-0.25, -0.2) is 0 Å². The molecule has 96 valence electrons. The van der Waals surface area contributed by atoms with Gasteiger partial charge in [0.05, 0.1) is 6.61 Å². The van der Waals surface area contributed by atoms with Crippen LogP contribution in [0.3, 0.4) is 0 Å². The van der Waals surface area contributed by atoms with E-state index in [4.69, 9.17) is 39.5 Å². The molecule has 0 radical (unpaired) electrons. The van der Waals surface area contributed by atoms with Crippen molar-refractivity contribution < 1.29 is 4.74 Å². The van der Waals surface area contributed by atoms with Crippen LogP contribution in [-0.2, 0) is 11.3 Å². The van der Waals surface area contributed by atoms with E-state index in [2.05, 4.69) is 4.90 Å². The number of rotatable bonds is 7. The highest BCUT2D eigenvalue weighted by Gasteiger charge is 2.08. The number of hydrogen-bond donors (Lipinski definition) is 0. The standard InChI is InChI=1S/C12H16Cl3NO/c1-17-7-6-16(5-4-13)9-10-8-11(14)2-3-12(10)15/h2-3,8H,4-7,9H2,1H3. The molecule has 0 saturated carbocycles. The molecule has 0 aliphatic heterocycles. The fraction of sp³-hybridized carbons (Fsp3) is 0.500. The van der Waals surface area contributed by atoms with Gasteiger partial charge in [-0.2, -0.15) is 0 Å². The Balaban J connectivity index is 2.67. The molecule has 0 atom stereocenters. The monoisotopic (exact) mass is 295 g/mol. The van der Waals surface area contributed by atoms with Crippen LogP contribution in [0.15, 0.2) is 18.2 Å². The molecule has 2 nitrogen and oxygen atoms in total. The summed E-state index contributed by atoms with van der Waals surface area (Å²) in [7, 11) is 1.69. The van der Waals surface area contributed by atoms with Crippen molar-refractivity contribution in [2.45, 2.75) is 6.54 Å². The van der Waals surface area contributed by atoms with E-state index in [9.17, 15) is 0 Å². The maximum Gasteiger partial charge on any atom is 0.0589 e. The Kier molecular flexibility index (Phi) is 7.24. The van der Waals surface area contributed by atoms with Gasteiger partial charge in [0.15, 0.2) is 0 Å². The summed E-state index contributed by atoms with van der Waals surface area (Å²) >= 11 is 17.8. The fourth-order valence-electron chi connectivity index (χ4n) is 1.52.